The zero-order chi connectivity index (χ0) is 11.8. The highest BCUT2D eigenvalue weighted by molar-refractivity contribution is 5.92. The predicted molar refractivity (Wildman–Crippen MR) is 61.3 cm³/mol. The second kappa shape index (κ2) is 6.59. The van der Waals surface area contributed by atoms with Gasteiger partial charge in [0.25, 0.3) is 0 Å². The van der Waals surface area contributed by atoms with Crippen LogP contribution in [0.15, 0.2) is 24.3 Å². The van der Waals surface area contributed by atoms with E-state index in [0.717, 1.165) is 0 Å². The molecule has 16 heavy (non-hydrogen) atoms. The van der Waals surface area contributed by atoms with E-state index in [2.05, 4.69) is 16.6 Å². The van der Waals surface area contributed by atoms with Crippen LogP contribution in [0.3, 0.4) is 0 Å². The molecule has 3 nitrogen and oxygen atoms in total. The molecular weight excluding hydrogens is 207 g/mol. The average Bonchev–Trinajstić information content (AvgIpc) is 2.28. The Morgan fingerprint density at radius 3 is 2.69 bits per heavy atom. The number of rotatable bonds is 5. The predicted octanol–water partition coefficient (Wildman–Crippen LogP) is 1.38. The molecule has 0 heterocycles. The van der Waals surface area contributed by atoms with E-state index in [1.54, 1.807) is 0 Å². The van der Waals surface area contributed by atoms with Crippen LogP contribution in [0.25, 0.3) is 0 Å². The van der Waals surface area contributed by atoms with Crippen molar-refractivity contribution in [2.24, 2.45) is 0 Å². The summed E-state index contributed by atoms with van der Waals surface area (Å²) in [5.74, 6) is 1.96. The van der Waals surface area contributed by atoms with E-state index in [1.807, 2.05) is 0 Å². The van der Waals surface area contributed by atoms with Gasteiger partial charge in [0.2, 0.25) is 5.91 Å². The SMILES string of the molecule is C#CCCNCC(=O)Nc1ccc(F)cc1. The van der Waals surface area contributed by atoms with Crippen LogP contribution in [0, 0.1) is 18.2 Å². The van der Waals surface area contributed by atoms with Gasteiger partial charge in [-0.05, 0) is 24.3 Å². The van der Waals surface area contributed by atoms with Crippen LogP contribution in [0.4, 0.5) is 10.1 Å². The summed E-state index contributed by atoms with van der Waals surface area (Å²) in [5.41, 5.74) is 0.574. The van der Waals surface area contributed by atoms with Crippen molar-refractivity contribution in [3.05, 3.63) is 30.1 Å². The highest BCUT2D eigenvalue weighted by atomic mass is 19.1. The van der Waals surface area contributed by atoms with E-state index in [0.29, 0.717) is 18.7 Å². The quantitative estimate of drug-likeness (QED) is 0.581. The Bertz CT molecular complexity index is 381. The van der Waals surface area contributed by atoms with Gasteiger partial charge in [-0.1, -0.05) is 0 Å². The summed E-state index contributed by atoms with van der Waals surface area (Å²) >= 11 is 0. The average molecular weight is 220 g/mol. The fourth-order valence-corrected chi connectivity index (χ4v) is 1.10. The van der Waals surface area contributed by atoms with Gasteiger partial charge in [-0.3, -0.25) is 4.79 Å². The minimum absolute atomic E-state index is 0.177. The van der Waals surface area contributed by atoms with Gasteiger partial charge in [0.15, 0.2) is 0 Å². The molecule has 1 aromatic rings. The second-order valence-electron chi connectivity index (χ2n) is 3.19. The molecule has 0 aliphatic carbocycles. The molecule has 0 aliphatic heterocycles. The van der Waals surface area contributed by atoms with Crippen molar-refractivity contribution >= 4 is 11.6 Å². The van der Waals surface area contributed by atoms with Gasteiger partial charge < -0.3 is 10.6 Å². The molecule has 4 heteroatoms. The Balaban J connectivity index is 2.29. The second-order valence-corrected chi connectivity index (χ2v) is 3.19. The number of hydrogen-bond donors (Lipinski definition) is 2. The summed E-state index contributed by atoms with van der Waals surface area (Å²) in [6, 6.07) is 5.60. The topological polar surface area (TPSA) is 41.1 Å². The van der Waals surface area contributed by atoms with Gasteiger partial charge >= 0.3 is 0 Å². The number of carbonyl (C=O) groups is 1. The zero-order valence-corrected chi connectivity index (χ0v) is 8.79. The summed E-state index contributed by atoms with van der Waals surface area (Å²) in [6.45, 7) is 0.798. The van der Waals surface area contributed by atoms with Crippen molar-refractivity contribution in [1.29, 1.82) is 0 Å². The van der Waals surface area contributed by atoms with Gasteiger partial charge in [0, 0.05) is 18.7 Å². The van der Waals surface area contributed by atoms with E-state index in [-0.39, 0.29) is 18.3 Å². The Kier molecular flexibility index (Phi) is 5.03. The molecule has 0 aliphatic rings. The summed E-state index contributed by atoms with van der Waals surface area (Å²) in [7, 11) is 0. The molecule has 2 N–H and O–H groups in total. The van der Waals surface area contributed by atoms with Gasteiger partial charge in [-0.2, -0.15) is 0 Å². The molecule has 1 rings (SSSR count). The lowest BCUT2D eigenvalue weighted by atomic mass is 10.3. The Morgan fingerprint density at radius 1 is 1.38 bits per heavy atom. The van der Waals surface area contributed by atoms with E-state index in [1.165, 1.54) is 24.3 Å². The van der Waals surface area contributed by atoms with E-state index in [9.17, 15) is 9.18 Å². The lowest BCUT2D eigenvalue weighted by Gasteiger charge is -2.05. The smallest absolute Gasteiger partial charge is 0.238 e. The van der Waals surface area contributed by atoms with Gasteiger partial charge in [0.05, 0.1) is 6.54 Å². The fourth-order valence-electron chi connectivity index (χ4n) is 1.10. The van der Waals surface area contributed by atoms with Crippen LogP contribution in [-0.4, -0.2) is 19.0 Å². The molecule has 0 aromatic heterocycles. The first kappa shape index (κ1) is 12.2. The van der Waals surface area contributed by atoms with Crippen LogP contribution in [-0.2, 0) is 4.79 Å². The lowest BCUT2D eigenvalue weighted by Crippen LogP contribution is -2.28. The fraction of sp³-hybridized carbons (Fsp3) is 0.250. The third-order valence-corrected chi connectivity index (χ3v) is 1.86. The van der Waals surface area contributed by atoms with Gasteiger partial charge in [0.1, 0.15) is 5.82 Å². The maximum absolute atomic E-state index is 12.6. The van der Waals surface area contributed by atoms with Crippen molar-refractivity contribution in [3.63, 3.8) is 0 Å². The molecule has 84 valence electrons. The van der Waals surface area contributed by atoms with Gasteiger partial charge in [-0.15, -0.1) is 12.3 Å². The molecule has 1 aromatic carbocycles. The van der Waals surface area contributed by atoms with Crippen molar-refractivity contribution in [2.75, 3.05) is 18.4 Å². The minimum atomic E-state index is -0.329. The molecule has 0 spiro atoms. The number of carbonyl (C=O) groups excluding carboxylic acids is 1. The number of anilines is 1. The maximum Gasteiger partial charge on any atom is 0.238 e. The standard InChI is InChI=1S/C12H13FN2O/c1-2-3-8-14-9-12(16)15-11-6-4-10(13)5-7-11/h1,4-7,14H,3,8-9H2,(H,15,16). The number of terminal acetylenes is 1. The largest absolute Gasteiger partial charge is 0.325 e. The lowest BCUT2D eigenvalue weighted by molar-refractivity contribution is -0.115. The first-order chi connectivity index (χ1) is 7.72. The maximum atomic E-state index is 12.6. The summed E-state index contributed by atoms with van der Waals surface area (Å²) < 4.78 is 12.6. The van der Waals surface area contributed by atoms with E-state index in [4.69, 9.17) is 6.42 Å². The molecule has 0 atom stereocenters. The molecular formula is C12H13FN2O. The van der Waals surface area contributed by atoms with Crippen LogP contribution in [0.2, 0.25) is 0 Å². The van der Waals surface area contributed by atoms with Crippen molar-refractivity contribution < 1.29 is 9.18 Å². The molecule has 0 unspecified atom stereocenters. The van der Waals surface area contributed by atoms with Crippen molar-refractivity contribution in [3.8, 4) is 12.3 Å². The van der Waals surface area contributed by atoms with Crippen LogP contribution in [0.5, 0.6) is 0 Å². The Labute approximate surface area is 94.0 Å². The molecule has 0 radical (unpaired) electrons. The number of nitrogens with one attached hydrogen (secondary N) is 2. The third-order valence-electron chi connectivity index (χ3n) is 1.86. The Morgan fingerprint density at radius 2 is 2.06 bits per heavy atom. The molecule has 0 fully saturated rings. The molecule has 0 bridgehead atoms. The summed E-state index contributed by atoms with van der Waals surface area (Å²) in [5, 5.41) is 5.52. The molecule has 0 saturated carbocycles. The Hall–Kier alpha value is -1.86. The zero-order valence-electron chi connectivity index (χ0n) is 8.79. The normalized spacial score (nSPS) is 9.50. The highest BCUT2D eigenvalue weighted by Gasteiger charge is 2.00. The first-order valence-corrected chi connectivity index (χ1v) is 4.92. The van der Waals surface area contributed by atoms with E-state index >= 15 is 0 Å². The number of hydrogen-bond acceptors (Lipinski definition) is 2. The third kappa shape index (κ3) is 4.58. The summed E-state index contributed by atoms with van der Waals surface area (Å²) in [6.07, 6.45) is 5.64. The molecule has 1 amide bonds. The highest BCUT2D eigenvalue weighted by Crippen LogP contribution is 2.07. The number of amides is 1. The summed E-state index contributed by atoms with van der Waals surface area (Å²) in [4.78, 5) is 11.3. The van der Waals surface area contributed by atoms with E-state index < -0.39 is 0 Å². The molecule has 0 saturated heterocycles. The monoisotopic (exact) mass is 220 g/mol. The van der Waals surface area contributed by atoms with Crippen LogP contribution in [0.1, 0.15) is 6.42 Å². The first-order valence-electron chi connectivity index (χ1n) is 4.92. The van der Waals surface area contributed by atoms with Crippen molar-refractivity contribution in [2.45, 2.75) is 6.42 Å². The number of halogens is 1. The van der Waals surface area contributed by atoms with Crippen molar-refractivity contribution in [1.82, 2.24) is 5.32 Å². The minimum Gasteiger partial charge on any atom is -0.325 e. The van der Waals surface area contributed by atoms with Crippen LogP contribution < -0.4 is 10.6 Å². The van der Waals surface area contributed by atoms with Crippen LogP contribution >= 0.6 is 0 Å². The van der Waals surface area contributed by atoms with Gasteiger partial charge in [-0.25, -0.2) is 4.39 Å². The number of benzene rings is 1.